The van der Waals surface area contributed by atoms with Crippen molar-refractivity contribution in [3.05, 3.63) is 41.7 Å². The second kappa shape index (κ2) is 8.33. The first-order valence-electron chi connectivity index (χ1n) is 8.98. The molecule has 5 nitrogen and oxygen atoms in total. The number of hydrogen-bond acceptors (Lipinski definition) is 4. The van der Waals surface area contributed by atoms with Gasteiger partial charge in [-0.3, -0.25) is 0 Å². The Kier molecular flexibility index (Phi) is 6.21. The number of rotatable bonds is 7. The molecule has 0 radical (unpaired) electrons. The van der Waals surface area contributed by atoms with Gasteiger partial charge in [0.15, 0.2) is 0 Å². The van der Waals surface area contributed by atoms with Crippen molar-refractivity contribution in [1.82, 2.24) is 14.8 Å². The van der Waals surface area contributed by atoms with Crippen LogP contribution in [0.15, 0.2) is 36.5 Å². The summed E-state index contributed by atoms with van der Waals surface area (Å²) in [5.41, 5.74) is 1.13. The fraction of sp³-hybridized carbons (Fsp3) is 0.368. The van der Waals surface area contributed by atoms with Gasteiger partial charge < -0.3 is 9.47 Å². The third-order valence-corrected chi connectivity index (χ3v) is 6.09. The maximum Gasteiger partial charge on any atom is 0.573 e. The highest BCUT2D eigenvalue weighted by molar-refractivity contribution is 6.76. The third-order valence-electron chi connectivity index (χ3n) is 4.18. The number of nitrogens with zero attached hydrogens (tertiary/aromatic N) is 3. The molecular weight excluding hydrogens is 423 g/mol. The summed E-state index contributed by atoms with van der Waals surface area (Å²) in [6, 6.07) is 8.43. The molecule has 0 unspecified atom stereocenters. The zero-order valence-electron chi connectivity index (χ0n) is 16.3. The Morgan fingerprint density at radius 2 is 1.90 bits per heavy atom. The molecule has 2 heterocycles. The van der Waals surface area contributed by atoms with E-state index in [1.807, 2.05) is 0 Å². The van der Waals surface area contributed by atoms with Gasteiger partial charge in [-0.2, -0.15) is 5.10 Å². The van der Waals surface area contributed by atoms with Crippen LogP contribution in [0.3, 0.4) is 0 Å². The number of benzene rings is 1. The first-order valence-corrected chi connectivity index (χ1v) is 13.1. The van der Waals surface area contributed by atoms with E-state index in [0.29, 0.717) is 23.2 Å². The number of hydrogen-bond donors (Lipinski definition) is 0. The summed E-state index contributed by atoms with van der Waals surface area (Å²) in [5.74, 6) is -0.334. The Morgan fingerprint density at radius 3 is 2.59 bits per heavy atom. The van der Waals surface area contributed by atoms with Crippen molar-refractivity contribution >= 4 is 30.6 Å². The molecule has 0 bridgehead atoms. The van der Waals surface area contributed by atoms with Crippen LogP contribution >= 0.6 is 11.6 Å². The molecule has 2 aromatic heterocycles. The van der Waals surface area contributed by atoms with Crippen molar-refractivity contribution in [1.29, 1.82) is 0 Å². The molecule has 1 aromatic carbocycles. The summed E-state index contributed by atoms with van der Waals surface area (Å²) in [5, 5.41) is 5.26. The van der Waals surface area contributed by atoms with Gasteiger partial charge in [0, 0.05) is 25.6 Å². The van der Waals surface area contributed by atoms with E-state index in [1.165, 1.54) is 24.4 Å². The van der Waals surface area contributed by atoms with E-state index in [4.69, 9.17) is 16.3 Å². The average Bonchev–Trinajstić information content (AvgIpc) is 2.95. The Balaban J connectivity index is 1.98. The fourth-order valence-corrected chi connectivity index (χ4v) is 3.66. The predicted molar refractivity (Wildman–Crippen MR) is 109 cm³/mol. The molecule has 0 saturated carbocycles. The lowest BCUT2D eigenvalue weighted by Gasteiger charge is -2.15. The van der Waals surface area contributed by atoms with Gasteiger partial charge in [-0.1, -0.05) is 43.4 Å². The summed E-state index contributed by atoms with van der Waals surface area (Å²) in [4.78, 5) is 4.07. The molecule has 0 fully saturated rings. The highest BCUT2D eigenvalue weighted by Gasteiger charge is 2.32. The van der Waals surface area contributed by atoms with Crippen molar-refractivity contribution in [3.8, 4) is 17.0 Å². The molecule has 3 aromatic rings. The first kappa shape index (κ1) is 21.6. The number of ether oxygens (including phenoxy) is 2. The maximum atomic E-state index is 12.8. The number of pyridine rings is 1. The van der Waals surface area contributed by atoms with Crippen molar-refractivity contribution in [2.75, 3.05) is 6.61 Å². The summed E-state index contributed by atoms with van der Waals surface area (Å²) in [7, 11) is -1.24. The molecule has 0 aliphatic heterocycles. The van der Waals surface area contributed by atoms with E-state index in [2.05, 4.69) is 34.5 Å². The van der Waals surface area contributed by atoms with Gasteiger partial charge in [0.05, 0.1) is 11.7 Å². The van der Waals surface area contributed by atoms with Crippen LogP contribution in [0.2, 0.25) is 30.8 Å². The van der Waals surface area contributed by atoms with Gasteiger partial charge >= 0.3 is 6.36 Å². The lowest BCUT2D eigenvalue weighted by Crippen LogP contribution is -2.22. The molecule has 0 spiro atoms. The molecular formula is C19H21ClF3N3O2Si. The molecule has 0 saturated heterocycles. The van der Waals surface area contributed by atoms with E-state index >= 15 is 0 Å². The van der Waals surface area contributed by atoms with Gasteiger partial charge in [-0.25, -0.2) is 9.67 Å². The van der Waals surface area contributed by atoms with E-state index < -0.39 is 14.4 Å². The number of halogens is 4. The van der Waals surface area contributed by atoms with Gasteiger partial charge in [-0.05, 0) is 24.2 Å². The Hall–Kier alpha value is -2.10. The van der Waals surface area contributed by atoms with Crippen molar-refractivity contribution < 1.29 is 22.6 Å². The van der Waals surface area contributed by atoms with Crippen LogP contribution in [0.5, 0.6) is 5.75 Å². The summed E-state index contributed by atoms with van der Waals surface area (Å²) in [6.45, 7) is 7.50. The lowest BCUT2D eigenvalue weighted by molar-refractivity contribution is -0.274. The number of alkyl halides is 3. The first-order chi connectivity index (χ1) is 13.5. The topological polar surface area (TPSA) is 49.2 Å². The van der Waals surface area contributed by atoms with Crippen LogP contribution in [0, 0.1) is 0 Å². The summed E-state index contributed by atoms with van der Waals surface area (Å²) >= 11 is 6.02. The second-order valence-electron chi connectivity index (χ2n) is 7.76. The second-order valence-corrected chi connectivity index (χ2v) is 13.8. The quantitative estimate of drug-likeness (QED) is 0.257. The average molecular weight is 444 g/mol. The van der Waals surface area contributed by atoms with E-state index in [9.17, 15) is 13.2 Å². The summed E-state index contributed by atoms with van der Waals surface area (Å²) in [6.07, 6.45) is -3.28. The molecule has 0 amide bonds. The molecule has 3 rings (SSSR count). The van der Waals surface area contributed by atoms with Crippen LogP contribution in [0.25, 0.3) is 22.2 Å². The van der Waals surface area contributed by atoms with Gasteiger partial charge in [-0.15, -0.1) is 13.2 Å². The van der Waals surface area contributed by atoms with E-state index in [1.54, 1.807) is 16.8 Å². The molecule has 0 N–H and O–H groups in total. The van der Waals surface area contributed by atoms with Crippen molar-refractivity contribution in [2.24, 2.45) is 0 Å². The van der Waals surface area contributed by atoms with E-state index in [0.717, 1.165) is 6.04 Å². The zero-order chi connectivity index (χ0) is 21.2. The van der Waals surface area contributed by atoms with Crippen LogP contribution in [-0.2, 0) is 11.5 Å². The predicted octanol–water partition coefficient (Wildman–Crippen LogP) is 5.96. The highest BCUT2D eigenvalue weighted by atomic mass is 35.5. The summed E-state index contributed by atoms with van der Waals surface area (Å²) < 4.78 is 50.0. The minimum absolute atomic E-state index is 0.159. The number of fused-ring (bicyclic) bond motifs is 1. The minimum atomic E-state index is -4.81. The highest BCUT2D eigenvalue weighted by Crippen LogP contribution is 2.37. The minimum Gasteiger partial charge on any atom is -0.405 e. The maximum absolute atomic E-state index is 12.8. The number of aromatic nitrogens is 3. The SMILES string of the molecule is C[Si](C)(C)CCOCn1nc(-c2ccccc2OC(F)(F)F)c2cc(Cl)ncc21. The van der Waals surface area contributed by atoms with Crippen LogP contribution < -0.4 is 4.74 Å². The van der Waals surface area contributed by atoms with E-state index in [-0.39, 0.29) is 23.2 Å². The Bertz CT molecular complexity index is 1000. The molecule has 0 aliphatic rings. The van der Waals surface area contributed by atoms with Crippen LogP contribution in [0.1, 0.15) is 0 Å². The fourth-order valence-electron chi connectivity index (χ4n) is 2.75. The molecule has 10 heteroatoms. The third kappa shape index (κ3) is 5.71. The molecule has 156 valence electrons. The normalized spacial score (nSPS) is 12.5. The van der Waals surface area contributed by atoms with Crippen LogP contribution in [-0.4, -0.2) is 35.8 Å². The van der Waals surface area contributed by atoms with Crippen molar-refractivity contribution in [3.63, 3.8) is 0 Å². The Morgan fingerprint density at radius 1 is 1.17 bits per heavy atom. The zero-order valence-corrected chi connectivity index (χ0v) is 18.0. The van der Waals surface area contributed by atoms with Crippen molar-refractivity contribution in [2.45, 2.75) is 38.8 Å². The monoisotopic (exact) mass is 443 g/mol. The van der Waals surface area contributed by atoms with Crippen LogP contribution in [0.4, 0.5) is 13.2 Å². The molecule has 0 aliphatic carbocycles. The van der Waals surface area contributed by atoms with Gasteiger partial charge in [0.1, 0.15) is 23.3 Å². The number of para-hydroxylation sites is 1. The van der Waals surface area contributed by atoms with Gasteiger partial charge in [0.2, 0.25) is 0 Å². The largest absolute Gasteiger partial charge is 0.573 e. The smallest absolute Gasteiger partial charge is 0.405 e. The van der Waals surface area contributed by atoms with Gasteiger partial charge in [0.25, 0.3) is 0 Å². The lowest BCUT2D eigenvalue weighted by atomic mass is 10.1. The standard InChI is InChI=1S/C19H21ClF3N3O2Si/c1-29(2,3)9-8-27-12-26-15-11-24-17(20)10-14(15)18(25-26)13-6-4-5-7-16(13)28-19(21,22)23/h4-7,10-11H,8-9,12H2,1-3H3. The molecule has 0 atom stereocenters. The Labute approximate surface area is 172 Å². The molecule has 29 heavy (non-hydrogen) atoms.